The first kappa shape index (κ1) is 14.1. The summed E-state index contributed by atoms with van der Waals surface area (Å²) in [6, 6.07) is 4.09. The maximum atomic E-state index is 11.9. The summed E-state index contributed by atoms with van der Waals surface area (Å²) >= 11 is 1.67. The normalized spacial score (nSPS) is 18.6. The van der Waals surface area contributed by atoms with Crippen molar-refractivity contribution in [3.05, 3.63) is 21.9 Å². The minimum atomic E-state index is -0.453. The second-order valence-corrected chi connectivity index (χ2v) is 6.18. The molecule has 5 heteroatoms. The third-order valence-corrected chi connectivity index (χ3v) is 4.32. The van der Waals surface area contributed by atoms with Crippen molar-refractivity contribution < 1.29 is 4.79 Å². The monoisotopic (exact) mass is 277 g/mol. The Hall–Kier alpha value is -1.35. The van der Waals surface area contributed by atoms with E-state index in [0.29, 0.717) is 13.1 Å². The van der Waals surface area contributed by atoms with Crippen LogP contribution in [0.25, 0.3) is 0 Å². The molecule has 1 aliphatic heterocycles. The molecule has 1 aromatic rings. The van der Waals surface area contributed by atoms with Crippen LogP contribution in [-0.2, 0) is 11.3 Å². The van der Waals surface area contributed by atoms with Gasteiger partial charge in [-0.05, 0) is 26.0 Å². The van der Waals surface area contributed by atoms with Crippen LogP contribution in [0.1, 0.15) is 23.6 Å². The number of nitrogens with one attached hydrogen (secondary N) is 1. The SMILES string of the molecule is CC1(C)C(=O)NCCN1Cc1ccc(C#CCN)s1. The molecule has 1 aromatic heterocycles. The van der Waals surface area contributed by atoms with Gasteiger partial charge in [0.1, 0.15) is 0 Å². The molecule has 0 aliphatic carbocycles. The van der Waals surface area contributed by atoms with Crippen molar-refractivity contribution >= 4 is 17.2 Å². The van der Waals surface area contributed by atoms with E-state index in [1.54, 1.807) is 11.3 Å². The van der Waals surface area contributed by atoms with E-state index < -0.39 is 5.54 Å². The summed E-state index contributed by atoms with van der Waals surface area (Å²) in [6.45, 7) is 6.68. The zero-order valence-corrected chi connectivity index (χ0v) is 12.1. The summed E-state index contributed by atoms with van der Waals surface area (Å²) in [5.41, 5.74) is 4.91. The van der Waals surface area contributed by atoms with Gasteiger partial charge in [0.2, 0.25) is 5.91 Å². The Bertz CT molecular complexity index is 524. The van der Waals surface area contributed by atoms with E-state index in [1.807, 2.05) is 19.9 Å². The third-order valence-electron chi connectivity index (χ3n) is 3.34. The highest BCUT2D eigenvalue weighted by Crippen LogP contribution is 2.24. The number of nitrogens with zero attached hydrogens (tertiary/aromatic N) is 1. The summed E-state index contributed by atoms with van der Waals surface area (Å²) in [6.07, 6.45) is 0. The molecule has 1 fully saturated rings. The Balaban J connectivity index is 2.08. The molecule has 1 aliphatic rings. The van der Waals surface area contributed by atoms with Crippen LogP contribution in [-0.4, -0.2) is 36.0 Å². The van der Waals surface area contributed by atoms with E-state index in [9.17, 15) is 4.79 Å². The van der Waals surface area contributed by atoms with E-state index in [-0.39, 0.29) is 5.91 Å². The highest BCUT2D eigenvalue weighted by Gasteiger charge is 2.37. The first-order valence-corrected chi connectivity index (χ1v) is 7.16. The summed E-state index contributed by atoms with van der Waals surface area (Å²) in [4.78, 5) is 16.3. The molecule has 0 unspecified atom stereocenters. The number of amides is 1. The molecule has 1 amide bonds. The number of carbonyl (C=O) groups is 1. The van der Waals surface area contributed by atoms with Crippen molar-refractivity contribution in [3.8, 4) is 11.8 Å². The molecule has 2 rings (SSSR count). The lowest BCUT2D eigenvalue weighted by Gasteiger charge is -2.40. The van der Waals surface area contributed by atoms with E-state index in [2.05, 4.69) is 28.1 Å². The molecule has 0 radical (unpaired) electrons. The number of piperazine rings is 1. The van der Waals surface area contributed by atoms with E-state index in [1.165, 1.54) is 4.88 Å². The van der Waals surface area contributed by atoms with E-state index in [0.717, 1.165) is 18.0 Å². The second kappa shape index (κ2) is 5.74. The van der Waals surface area contributed by atoms with Crippen molar-refractivity contribution in [2.24, 2.45) is 5.73 Å². The van der Waals surface area contributed by atoms with Gasteiger partial charge in [0, 0.05) is 24.5 Å². The smallest absolute Gasteiger partial charge is 0.240 e. The fraction of sp³-hybridized carbons (Fsp3) is 0.500. The summed E-state index contributed by atoms with van der Waals surface area (Å²) in [5, 5.41) is 2.91. The van der Waals surface area contributed by atoms with Gasteiger partial charge >= 0.3 is 0 Å². The van der Waals surface area contributed by atoms with Crippen LogP contribution >= 0.6 is 11.3 Å². The number of hydrogen-bond donors (Lipinski definition) is 2. The topological polar surface area (TPSA) is 58.4 Å². The van der Waals surface area contributed by atoms with Crippen molar-refractivity contribution in [3.63, 3.8) is 0 Å². The zero-order chi connectivity index (χ0) is 13.9. The number of hydrogen-bond acceptors (Lipinski definition) is 4. The van der Waals surface area contributed by atoms with Crippen molar-refractivity contribution in [1.29, 1.82) is 0 Å². The molecular formula is C14H19N3OS. The summed E-state index contributed by atoms with van der Waals surface area (Å²) < 4.78 is 0. The molecule has 0 saturated carbocycles. The molecule has 19 heavy (non-hydrogen) atoms. The van der Waals surface area contributed by atoms with Gasteiger partial charge in [-0.3, -0.25) is 9.69 Å². The maximum Gasteiger partial charge on any atom is 0.240 e. The third kappa shape index (κ3) is 3.16. The largest absolute Gasteiger partial charge is 0.353 e. The van der Waals surface area contributed by atoms with Gasteiger partial charge in [-0.25, -0.2) is 0 Å². The average Bonchev–Trinajstić information content (AvgIpc) is 2.81. The molecule has 2 heterocycles. The number of thiophene rings is 1. The summed E-state index contributed by atoms with van der Waals surface area (Å²) in [5.74, 6) is 5.99. The van der Waals surface area contributed by atoms with Gasteiger partial charge in [-0.2, -0.15) is 0 Å². The molecule has 0 aromatic carbocycles. The quantitative estimate of drug-likeness (QED) is 0.785. The van der Waals surface area contributed by atoms with Gasteiger partial charge in [-0.15, -0.1) is 11.3 Å². The van der Waals surface area contributed by atoms with Gasteiger partial charge in [0.05, 0.1) is 17.0 Å². The molecule has 0 spiro atoms. The lowest BCUT2D eigenvalue weighted by molar-refractivity contribution is -0.135. The standard InChI is InChI=1S/C14H19N3OS/c1-14(2)13(18)16-8-9-17(14)10-12-6-5-11(19-12)4-3-7-15/h5-6H,7-10,15H2,1-2H3,(H,16,18). The minimum Gasteiger partial charge on any atom is -0.353 e. The van der Waals surface area contributed by atoms with Crippen LogP contribution in [0.15, 0.2) is 12.1 Å². The lowest BCUT2D eigenvalue weighted by Crippen LogP contribution is -2.61. The maximum absolute atomic E-state index is 11.9. The highest BCUT2D eigenvalue weighted by atomic mass is 32.1. The fourth-order valence-corrected chi connectivity index (χ4v) is 2.98. The Morgan fingerprint density at radius 3 is 3.05 bits per heavy atom. The molecule has 1 saturated heterocycles. The van der Waals surface area contributed by atoms with Crippen LogP contribution in [0.2, 0.25) is 0 Å². The average molecular weight is 277 g/mol. The number of carbonyl (C=O) groups excluding carboxylic acids is 1. The van der Waals surface area contributed by atoms with Crippen LogP contribution in [0, 0.1) is 11.8 Å². The summed E-state index contributed by atoms with van der Waals surface area (Å²) in [7, 11) is 0. The van der Waals surface area contributed by atoms with Crippen molar-refractivity contribution in [2.45, 2.75) is 25.9 Å². The Morgan fingerprint density at radius 2 is 2.32 bits per heavy atom. The Kier molecular flexibility index (Phi) is 4.25. The highest BCUT2D eigenvalue weighted by molar-refractivity contribution is 7.12. The van der Waals surface area contributed by atoms with Gasteiger partial charge in [-0.1, -0.05) is 11.8 Å². The molecule has 102 valence electrons. The molecule has 0 bridgehead atoms. The predicted molar refractivity (Wildman–Crippen MR) is 77.8 cm³/mol. The van der Waals surface area contributed by atoms with Crippen molar-refractivity contribution in [2.75, 3.05) is 19.6 Å². The van der Waals surface area contributed by atoms with Crippen molar-refractivity contribution in [1.82, 2.24) is 10.2 Å². The zero-order valence-electron chi connectivity index (χ0n) is 11.3. The van der Waals surface area contributed by atoms with E-state index >= 15 is 0 Å². The number of nitrogens with two attached hydrogens (primary N) is 1. The van der Waals surface area contributed by atoms with Crippen LogP contribution in [0.5, 0.6) is 0 Å². The van der Waals surface area contributed by atoms with Gasteiger partial charge in [0.15, 0.2) is 0 Å². The first-order valence-electron chi connectivity index (χ1n) is 6.35. The van der Waals surface area contributed by atoms with Crippen LogP contribution in [0.3, 0.4) is 0 Å². The Labute approximate surface area is 118 Å². The minimum absolute atomic E-state index is 0.0958. The van der Waals surface area contributed by atoms with Gasteiger partial charge < -0.3 is 11.1 Å². The molecule has 3 N–H and O–H groups in total. The van der Waals surface area contributed by atoms with Gasteiger partial charge in [0.25, 0.3) is 0 Å². The lowest BCUT2D eigenvalue weighted by atomic mass is 9.99. The Morgan fingerprint density at radius 1 is 1.53 bits per heavy atom. The van der Waals surface area contributed by atoms with Crippen LogP contribution in [0.4, 0.5) is 0 Å². The molecule has 4 nitrogen and oxygen atoms in total. The molecular weight excluding hydrogens is 258 g/mol. The van der Waals surface area contributed by atoms with E-state index in [4.69, 9.17) is 5.73 Å². The predicted octanol–water partition coefficient (Wildman–Crippen LogP) is 0.769. The number of rotatable bonds is 2. The molecule has 0 atom stereocenters. The van der Waals surface area contributed by atoms with Crippen LogP contribution < -0.4 is 11.1 Å². The fourth-order valence-electron chi connectivity index (χ4n) is 2.08. The second-order valence-electron chi connectivity index (χ2n) is 5.01. The first-order chi connectivity index (χ1) is 9.04.